The van der Waals surface area contributed by atoms with Crippen molar-refractivity contribution in [3.05, 3.63) is 53.6 Å². The van der Waals surface area contributed by atoms with Gasteiger partial charge in [0.05, 0.1) is 5.69 Å². The average Bonchev–Trinajstić information content (AvgIpc) is 2.96. The van der Waals surface area contributed by atoms with E-state index in [1.807, 2.05) is 41.3 Å². The molecule has 1 aliphatic heterocycles. The largest absolute Gasteiger partial charge is 0.508 e. The molecular formula is C28H35N3O4. The van der Waals surface area contributed by atoms with Crippen molar-refractivity contribution in [1.29, 1.82) is 0 Å². The highest BCUT2D eigenvalue weighted by Gasteiger charge is 2.24. The van der Waals surface area contributed by atoms with Crippen LogP contribution in [0.2, 0.25) is 0 Å². The number of carbonyl (C=O) groups is 2. The van der Waals surface area contributed by atoms with Crippen LogP contribution in [0.4, 0.5) is 10.5 Å². The first kappa shape index (κ1) is 26.0. The van der Waals surface area contributed by atoms with E-state index in [1.165, 1.54) is 0 Å². The SMILES string of the molecule is CCCN(CCC)C(=O)C1=Cc2ccc(-c3ccc(O)cc3)cc2N=C(NC(=O)OC(C)(C)C)C1. The molecule has 2 N–H and O–H groups in total. The van der Waals surface area contributed by atoms with Gasteiger partial charge in [-0.3, -0.25) is 10.1 Å². The minimum atomic E-state index is -0.660. The van der Waals surface area contributed by atoms with Gasteiger partial charge in [0.15, 0.2) is 0 Å². The number of phenols is 1. The zero-order valence-electron chi connectivity index (χ0n) is 21.2. The van der Waals surface area contributed by atoms with Crippen molar-refractivity contribution in [2.24, 2.45) is 4.99 Å². The van der Waals surface area contributed by atoms with Crippen molar-refractivity contribution in [3.8, 4) is 16.9 Å². The van der Waals surface area contributed by atoms with Crippen molar-refractivity contribution in [2.45, 2.75) is 59.5 Å². The highest BCUT2D eigenvalue weighted by Crippen LogP contribution is 2.33. The van der Waals surface area contributed by atoms with E-state index in [0.29, 0.717) is 30.2 Å². The molecule has 0 saturated carbocycles. The molecule has 0 spiro atoms. The molecule has 3 rings (SSSR count). The number of amidine groups is 1. The standard InChI is InChI=1S/C28H35N3O4/c1-6-14-31(15-7-2)26(33)22-16-21-9-8-20(19-10-12-23(32)13-11-19)17-24(21)29-25(18-22)30-27(34)35-28(3,4)5/h8-13,16-17,32H,6-7,14-15,18H2,1-5H3,(H,29,30,34). The van der Waals surface area contributed by atoms with Gasteiger partial charge < -0.3 is 14.7 Å². The van der Waals surface area contributed by atoms with Gasteiger partial charge in [-0.25, -0.2) is 9.79 Å². The molecule has 1 aliphatic rings. The Bertz CT molecular complexity index is 1120. The van der Waals surface area contributed by atoms with Crippen LogP contribution in [0, 0.1) is 0 Å². The predicted octanol–water partition coefficient (Wildman–Crippen LogP) is 6.05. The number of alkyl carbamates (subject to hydrolysis) is 1. The molecule has 0 aromatic heterocycles. The molecule has 0 saturated heterocycles. The van der Waals surface area contributed by atoms with Crippen LogP contribution in [0.5, 0.6) is 5.75 Å². The Morgan fingerprint density at radius 1 is 1.03 bits per heavy atom. The molecule has 186 valence electrons. The van der Waals surface area contributed by atoms with E-state index in [9.17, 15) is 14.7 Å². The molecule has 7 nitrogen and oxygen atoms in total. The average molecular weight is 478 g/mol. The summed E-state index contributed by atoms with van der Waals surface area (Å²) in [4.78, 5) is 32.6. The van der Waals surface area contributed by atoms with E-state index in [-0.39, 0.29) is 18.1 Å². The second kappa shape index (κ2) is 11.2. The Balaban J connectivity index is 2.02. The molecule has 1 heterocycles. The number of nitrogens with zero attached hydrogens (tertiary/aromatic N) is 2. The quantitative estimate of drug-likeness (QED) is 0.530. The summed E-state index contributed by atoms with van der Waals surface area (Å²) in [6.07, 6.45) is 3.17. The molecule has 2 aromatic rings. The third kappa shape index (κ3) is 7.18. The number of amides is 2. The van der Waals surface area contributed by atoms with Gasteiger partial charge in [0.1, 0.15) is 17.2 Å². The molecule has 0 bridgehead atoms. The van der Waals surface area contributed by atoms with Crippen molar-refractivity contribution >= 4 is 29.6 Å². The topological polar surface area (TPSA) is 91.2 Å². The fourth-order valence-electron chi connectivity index (χ4n) is 3.89. The lowest BCUT2D eigenvalue weighted by molar-refractivity contribution is -0.127. The number of ether oxygens (including phenoxy) is 1. The molecule has 7 heteroatoms. The lowest BCUT2D eigenvalue weighted by Gasteiger charge is -2.23. The van der Waals surface area contributed by atoms with Crippen LogP contribution in [0.1, 0.15) is 59.4 Å². The molecule has 0 unspecified atom stereocenters. The van der Waals surface area contributed by atoms with Crippen molar-refractivity contribution in [1.82, 2.24) is 10.2 Å². The van der Waals surface area contributed by atoms with Gasteiger partial charge in [-0.15, -0.1) is 0 Å². The van der Waals surface area contributed by atoms with Gasteiger partial charge in [0.2, 0.25) is 5.91 Å². The van der Waals surface area contributed by atoms with Gasteiger partial charge >= 0.3 is 6.09 Å². The van der Waals surface area contributed by atoms with Crippen LogP contribution in [0.25, 0.3) is 17.2 Å². The Hall–Kier alpha value is -3.61. The molecule has 2 aromatic carbocycles. The summed E-state index contributed by atoms with van der Waals surface area (Å²) < 4.78 is 5.42. The smallest absolute Gasteiger partial charge is 0.413 e. The van der Waals surface area contributed by atoms with Crippen LogP contribution < -0.4 is 5.32 Å². The number of nitrogens with one attached hydrogen (secondary N) is 1. The van der Waals surface area contributed by atoms with E-state index in [1.54, 1.807) is 32.9 Å². The molecule has 0 atom stereocenters. The maximum atomic E-state index is 13.5. The van der Waals surface area contributed by atoms with E-state index >= 15 is 0 Å². The Morgan fingerprint density at radius 3 is 2.26 bits per heavy atom. The molecular weight excluding hydrogens is 442 g/mol. The zero-order valence-corrected chi connectivity index (χ0v) is 21.2. The normalized spacial score (nSPS) is 13.2. The van der Waals surface area contributed by atoms with Crippen molar-refractivity contribution in [2.75, 3.05) is 13.1 Å². The van der Waals surface area contributed by atoms with Crippen molar-refractivity contribution < 1.29 is 19.4 Å². The summed E-state index contributed by atoms with van der Waals surface area (Å²) in [6, 6.07) is 12.7. The van der Waals surface area contributed by atoms with Crippen LogP contribution in [0.15, 0.2) is 53.0 Å². The maximum absolute atomic E-state index is 13.5. The van der Waals surface area contributed by atoms with Crippen molar-refractivity contribution in [3.63, 3.8) is 0 Å². The predicted molar refractivity (Wildman–Crippen MR) is 140 cm³/mol. The van der Waals surface area contributed by atoms with Gasteiger partial charge in [-0.2, -0.15) is 0 Å². The second-order valence-electron chi connectivity index (χ2n) is 9.64. The molecule has 35 heavy (non-hydrogen) atoms. The zero-order chi connectivity index (χ0) is 25.6. The summed E-state index contributed by atoms with van der Waals surface area (Å²) >= 11 is 0. The number of fused-ring (bicyclic) bond motifs is 1. The van der Waals surface area contributed by atoms with E-state index in [0.717, 1.165) is 29.5 Å². The Morgan fingerprint density at radius 2 is 1.66 bits per heavy atom. The molecule has 0 aliphatic carbocycles. The fourth-order valence-corrected chi connectivity index (χ4v) is 3.89. The van der Waals surface area contributed by atoms with Gasteiger partial charge in [-0.1, -0.05) is 38.1 Å². The van der Waals surface area contributed by atoms with Crippen LogP contribution in [-0.4, -0.2) is 46.5 Å². The monoisotopic (exact) mass is 477 g/mol. The summed E-state index contributed by atoms with van der Waals surface area (Å²) in [7, 11) is 0. The first-order chi connectivity index (χ1) is 16.6. The lowest BCUT2D eigenvalue weighted by atomic mass is 10.0. The van der Waals surface area contributed by atoms with E-state index in [4.69, 9.17) is 9.73 Å². The third-order valence-electron chi connectivity index (χ3n) is 5.37. The Labute approximate surface area is 207 Å². The summed E-state index contributed by atoms with van der Waals surface area (Å²) in [5.41, 5.74) is 3.17. The molecule has 2 amide bonds. The van der Waals surface area contributed by atoms with Gasteiger partial charge in [0.25, 0.3) is 0 Å². The second-order valence-corrected chi connectivity index (χ2v) is 9.64. The first-order valence-corrected chi connectivity index (χ1v) is 12.1. The minimum Gasteiger partial charge on any atom is -0.508 e. The number of aromatic hydroxyl groups is 1. The number of aliphatic imine (C=N–C) groups is 1. The fraction of sp³-hybridized carbons (Fsp3) is 0.393. The summed E-state index contributed by atoms with van der Waals surface area (Å²) in [6.45, 7) is 10.8. The van der Waals surface area contributed by atoms with E-state index in [2.05, 4.69) is 19.2 Å². The maximum Gasteiger partial charge on any atom is 0.413 e. The van der Waals surface area contributed by atoms with E-state index < -0.39 is 11.7 Å². The Kier molecular flexibility index (Phi) is 8.33. The number of rotatable bonds is 6. The van der Waals surface area contributed by atoms with Crippen LogP contribution >= 0.6 is 0 Å². The van der Waals surface area contributed by atoms with Gasteiger partial charge in [-0.05, 0) is 69.0 Å². The van der Waals surface area contributed by atoms with Crippen LogP contribution in [-0.2, 0) is 9.53 Å². The third-order valence-corrected chi connectivity index (χ3v) is 5.37. The highest BCUT2D eigenvalue weighted by molar-refractivity contribution is 6.08. The minimum absolute atomic E-state index is 0.0529. The van der Waals surface area contributed by atoms with Crippen LogP contribution in [0.3, 0.4) is 0 Å². The summed E-state index contributed by atoms with van der Waals surface area (Å²) in [5, 5.41) is 12.4. The highest BCUT2D eigenvalue weighted by atomic mass is 16.6. The molecule has 0 fully saturated rings. The number of benzene rings is 2. The number of hydrogen-bond donors (Lipinski definition) is 2. The first-order valence-electron chi connectivity index (χ1n) is 12.1. The number of hydrogen-bond acceptors (Lipinski definition) is 5. The molecule has 0 radical (unpaired) electrons. The number of phenolic OH excluding ortho intramolecular Hbond substituents is 1. The summed E-state index contributed by atoms with van der Waals surface area (Å²) in [5.74, 6) is 0.497. The van der Waals surface area contributed by atoms with Gasteiger partial charge in [0, 0.05) is 30.6 Å². The number of carbonyl (C=O) groups excluding carboxylic acids is 2. The lowest BCUT2D eigenvalue weighted by Crippen LogP contribution is -2.38.